The maximum atomic E-state index is 11.9. The second-order valence-corrected chi connectivity index (χ2v) is 6.00. The zero-order valence-electron chi connectivity index (χ0n) is 10.8. The number of nitrogens with two attached hydrogens (primary N) is 1. The number of nitrogens with one attached hydrogen (secondary N) is 1. The maximum Gasteiger partial charge on any atom is 0.240 e. The van der Waals surface area contributed by atoms with Crippen molar-refractivity contribution in [3.05, 3.63) is 11.1 Å². The van der Waals surface area contributed by atoms with Crippen LogP contribution in [0.25, 0.3) is 0 Å². The minimum atomic E-state index is -0.00866. The van der Waals surface area contributed by atoms with Crippen LogP contribution in [0.2, 0.25) is 0 Å². The van der Waals surface area contributed by atoms with Gasteiger partial charge < -0.3 is 11.1 Å². The van der Waals surface area contributed by atoms with Gasteiger partial charge in [-0.15, -0.1) is 11.3 Å². The highest BCUT2D eigenvalue weighted by Gasteiger charge is 2.23. The smallest absolute Gasteiger partial charge is 0.240 e. The summed E-state index contributed by atoms with van der Waals surface area (Å²) in [7, 11) is 0. The van der Waals surface area contributed by atoms with Crippen LogP contribution in [0.5, 0.6) is 0 Å². The second-order valence-electron chi connectivity index (χ2n) is 5.14. The van der Waals surface area contributed by atoms with Gasteiger partial charge in [0.2, 0.25) is 5.91 Å². The minimum Gasteiger partial charge on any atom is -0.327 e. The van der Waals surface area contributed by atoms with E-state index in [0.717, 1.165) is 25.2 Å². The van der Waals surface area contributed by atoms with Gasteiger partial charge in [-0.3, -0.25) is 9.69 Å². The van der Waals surface area contributed by atoms with Crippen molar-refractivity contribution in [3.63, 3.8) is 0 Å². The summed E-state index contributed by atoms with van der Waals surface area (Å²) in [4.78, 5) is 18.2. The summed E-state index contributed by atoms with van der Waals surface area (Å²) in [6.07, 6.45) is 1.05. The van der Waals surface area contributed by atoms with E-state index < -0.39 is 0 Å². The molecule has 0 bridgehead atoms. The van der Waals surface area contributed by atoms with Gasteiger partial charge in [-0.25, -0.2) is 4.98 Å². The molecule has 2 atom stereocenters. The lowest BCUT2D eigenvalue weighted by atomic mass is 9.97. The third-order valence-corrected chi connectivity index (χ3v) is 3.88. The highest BCUT2D eigenvalue weighted by Crippen LogP contribution is 2.16. The number of nitrogens with zero attached hydrogens (tertiary/aromatic N) is 2. The van der Waals surface area contributed by atoms with Crippen molar-refractivity contribution in [1.29, 1.82) is 0 Å². The summed E-state index contributed by atoms with van der Waals surface area (Å²) in [6.45, 7) is 6.23. The minimum absolute atomic E-state index is 0.00866. The lowest BCUT2D eigenvalue weighted by molar-refractivity contribution is -0.117. The average Bonchev–Trinajstić information content (AvgIpc) is 2.61. The van der Waals surface area contributed by atoms with Crippen LogP contribution in [0.15, 0.2) is 5.38 Å². The Labute approximate surface area is 111 Å². The largest absolute Gasteiger partial charge is 0.327 e. The molecule has 1 fully saturated rings. The number of aromatic nitrogens is 1. The third-order valence-electron chi connectivity index (χ3n) is 3.00. The standard InChI is InChI=1S/C12H20N4OS/c1-8-3-10(13)5-16(4-8)6-11(17)15-12-14-9(2)7-18-12/h7-8,10H,3-6,13H2,1-2H3,(H,14,15,17). The first-order valence-corrected chi connectivity index (χ1v) is 7.11. The zero-order valence-corrected chi connectivity index (χ0v) is 11.7. The van der Waals surface area contributed by atoms with Gasteiger partial charge in [-0.1, -0.05) is 6.92 Å². The van der Waals surface area contributed by atoms with Crippen molar-refractivity contribution in [3.8, 4) is 0 Å². The molecule has 100 valence electrons. The lowest BCUT2D eigenvalue weighted by Crippen LogP contribution is -2.48. The van der Waals surface area contributed by atoms with E-state index in [9.17, 15) is 4.79 Å². The van der Waals surface area contributed by atoms with Gasteiger partial charge >= 0.3 is 0 Å². The number of anilines is 1. The molecule has 1 saturated heterocycles. The molecule has 0 aromatic carbocycles. The third kappa shape index (κ3) is 3.76. The average molecular weight is 268 g/mol. The first-order chi connectivity index (χ1) is 8.52. The number of rotatable bonds is 3. The van der Waals surface area contributed by atoms with E-state index in [1.54, 1.807) is 0 Å². The van der Waals surface area contributed by atoms with Gasteiger partial charge in [0.05, 0.1) is 12.2 Å². The molecule has 6 heteroatoms. The molecule has 1 aromatic heterocycles. The fraction of sp³-hybridized carbons (Fsp3) is 0.667. The summed E-state index contributed by atoms with van der Waals surface area (Å²) in [6, 6.07) is 0.184. The van der Waals surface area contributed by atoms with Crippen LogP contribution >= 0.6 is 11.3 Å². The van der Waals surface area contributed by atoms with E-state index in [1.165, 1.54) is 11.3 Å². The number of carbonyl (C=O) groups excluding carboxylic acids is 1. The zero-order chi connectivity index (χ0) is 13.1. The number of aryl methyl sites for hydroxylation is 1. The molecule has 0 saturated carbocycles. The molecule has 2 heterocycles. The molecular formula is C12H20N4OS. The number of hydrogen-bond acceptors (Lipinski definition) is 5. The summed E-state index contributed by atoms with van der Waals surface area (Å²) in [5, 5.41) is 5.42. The molecule has 0 spiro atoms. The van der Waals surface area contributed by atoms with E-state index in [4.69, 9.17) is 5.73 Å². The predicted molar refractivity (Wildman–Crippen MR) is 73.7 cm³/mol. The van der Waals surface area contributed by atoms with Gasteiger partial charge in [-0.05, 0) is 19.3 Å². The van der Waals surface area contributed by atoms with E-state index in [-0.39, 0.29) is 11.9 Å². The predicted octanol–water partition coefficient (Wildman–Crippen LogP) is 1.06. The topological polar surface area (TPSA) is 71.2 Å². The monoisotopic (exact) mass is 268 g/mol. The van der Waals surface area contributed by atoms with Crippen LogP contribution < -0.4 is 11.1 Å². The molecule has 1 amide bonds. The Bertz CT molecular complexity index is 410. The van der Waals surface area contributed by atoms with Crippen LogP contribution in [-0.2, 0) is 4.79 Å². The maximum absolute atomic E-state index is 11.9. The Morgan fingerprint density at radius 2 is 2.44 bits per heavy atom. The van der Waals surface area contributed by atoms with Crippen molar-refractivity contribution in [2.24, 2.45) is 11.7 Å². The first-order valence-electron chi connectivity index (χ1n) is 6.23. The molecule has 1 aliphatic rings. The lowest BCUT2D eigenvalue weighted by Gasteiger charge is -2.34. The molecule has 5 nitrogen and oxygen atoms in total. The van der Waals surface area contributed by atoms with Gasteiger partial charge in [0.25, 0.3) is 0 Å². The molecular weight excluding hydrogens is 248 g/mol. The van der Waals surface area contributed by atoms with Gasteiger partial charge in [0.1, 0.15) is 0 Å². The van der Waals surface area contributed by atoms with Crippen molar-refractivity contribution in [2.75, 3.05) is 25.0 Å². The molecule has 3 N–H and O–H groups in total. The highest BCUT2D eigenvalue weighted by atomic mass is 32.1. The first kappa shape index (κ1) is 13.5. The molecule has 1 aromatic rings. The van der Waals surface area contributed by atoms with E-state index >= 15 is 0 Å². The van der Waals surface area contributed by atoms with Gasteiger partial charge in [0.15, 0.2) is 5.13 Å². The fourth-order valence-electron chi connectivity index (χ4n) is 2.42. The summed E-state index contributed by atoms with van der Waals surface area (Å²) < 4.78 is 0. The van der Waals surface area contributed by atoms with Crippen LogP contribution in [0.1, 0.15) is 19.0 Å². The number of piperidine rings is 1. The molecule has 18 heavy (non-hydrogen) atoms. The molecule has 2 unspecified atom stereocenters. The van der Waals surface area contributed by atoms with Crippen molar-refractivity contribution in [2.45, 2.75) is 26.3 Å². The van der Waals surface area contributed by atoms with E-state index in [2.05, 4.69) is 22.1 Å². The van der Waals surface area contributed by atoms with E-state index in [0.29, 0.717) is 17.6 Å². The summed E-state index contributed by atoms with van der Waals surface area (Å²) >= 11 is 1.45. The van der Waals surface area contributed by atoms with Crippen molar-refractivity contribution >= 4 is 22.4 Å². The Kier molecular flexibility index (Phi) is 4.31. The van der Waals surface area contributed by atoms with Gasteiger partial charge in [0, 0.05) is 24.5 Å². The number of likely N-dealkylation sites (tertiary alicyclic amines) is 1. The second kappa shape index (κ2) is 5.77. The normalized spacial score (nSPS) is 25.1. The number of carbonyl (C=O) groups is 1. The van der Waals surface area contributed by atoms with Crippen LogP contribution in [-0.4, -0.2) is 41.5 Å². The Morgan fingerprint density at radius 1 is 1.67 bits per heavy atom. The number of hydrogen-bond donors (Lipinski definition) is 2. The molecule has 0 aliphatic carbocycles. The van der Waals surface area contributed by atoms with Crippen molar-refractivity contribution < 1.29 is 4.79 Å². The van der Waals surface area contributed by atoms with E-state index in [1.807, 2.05) is 12.3 Å². The Morgan fingerprint density at radius 3 is 3.06 bits per heavy atom. The quantitative estimate of drug-likeness (QED) is 0.860. The summed E-state index contributed by atoms with van der Waals surface area (Å²) in [5.41, 5.74) is 6.90. The Balaban J connectivity index is 1.83. The fourth-order valence-corrected chi connectivity index (χ4v) is 3.12. The van der Waals surface area contributed by atoms with Crippen molar-refractivity contribution in [1.82, 2.24) is 9.88 Å². The summed E-state index contributed by atoms with van der Waals surface area (Å²) in [5.74, 6) is 0.550. The molecule has 2 rings (SSSR count). The van der Waals surface area contributed by atoms with Crippen LogP contribution in [0.4, 0.5) is 5.13 Å². The van der Waals surface area contributed by atoms with Crippen LogP contribution in [0, 0.1) is 12.8 Å². The molecule has 0 radical (unpaired) electrons. The highest BCUT2D eigenvalue weighted by molar-refractivity contribution is 7.13. The van der Waals surface area contributed by atoms with Crippen LogP contribution in [0.3, 0.4) is 0 Å². The SMILES string of the molecule is Cc1csc(NC(=O)CN2CC(C)CC(N)C2)n1. The van der Waals surface area contributed by atoms with Gasteiger partial charge in [-0.2, -0.15) is 0 Å². The number of thiazole rings is 1. The molecule has 1 aliphatic heterocycles. The Hall–Kier alpha value is -0.980. The number of amides is 1.